The fourth-order valence-corrected chi connectivity index (χ4v) is 2.62. The Bertz CT molecular complexity index is 840. The Hall–Kier alpha value is -2.59. The molecule has 1 aromatic heterocycles. The third kappa shape index (κ3) is 6.57. The number of hydrogen-bond acceptors (Lipinski definition) is 4. The highest BCUT2D eigenvalue weighted by molar-refractivity contribution is 6.45. The summed E-state index contributed by atoms with van der Waals surface area (Å²) in [5, 5.41) is 6.98. The first-order valence-corrected chi connectivity index (χ1v) is 9.60. The third-order valence-electron chi connectivity index (χ3n) is 3.70. The summed E-state index contributed by atoms with van der Waals surface area (Å²) in [4.78, 5) is 8.78. The number of pyridine rings is 1. The molecule has 0 aliphatic carbocycles. The van der Waals surface area contributed by atoms with Gasteiger partial charge in [-0.2, -0.15) is 0 Å². The molecule has 4 bridgehead atoms. The van der Waals surface area contributed by atoms with Crippen LogP contribution in [0.4, 0.5) is 11.4 Å². The van der Waals surface area contributed by atoms with E-state index in [1.165, 1.54) is 17.5 Å². The van der Waals surface area contributed by atoms with E-state index in [4.69, 9.17) is 11.6 Å². The topological polar surface area (TPSA) is 49.3 Å². The lowest BCUT2D eigenvalue weighted by molar-refractivity contribution is 0.951. The zero-order valence-corrected chi connectivity index (χ0v) is 17.0. The average molecular weight is 383 g/mol. The van der Waals surface area contributed by atoms with Crippen LogP contribution in [0.2, 0.25) is 0 Å². The molecule has 2 heterocycles. The molecule has 0 saturated heterocycles. The van der Waals surface area contributed by atoms with Gasteiger partial charge in [0.1, 0.15) is 5.82 Å². The van der Waals surface area contributed by atoms with Crippen LogP contribution in [-0.2, 0) is 12.8 Å². The molecule has 0 radical (unpaired) electrons. The van der Waals surface area contributed by atoms with Crippen LogP contribution in [-0.4, -0.2) is 10.8 Å². The maximum Gasteiger partial charge on any atom is 0.151 e. The predicted molar refractivity (Wildman–Crippen MR) is 117 cm³/mol. The van der Waals surface area contributed by atoms with E-state index in [1.54, 1.807) is 12.3 Å². The second-order valence-corrected chi connectivity index (χ2v) is 6.69. The normalized spacial score (nSPS) is 16.1. The van der Waals surface area contributed by atoms with Crippen LogP contribution in [0.1, 0.15) is 38.3 Å². The third-order valence-corrected chi connectivity index (χ3v) is 4.10. The molecular formula is C22H27ClN4. The van der Waals surface area contributed by atoms with Crippen LogP contribution in [0.3, 0.4) is 0 Å². The van der Waals surface area contributed by atoms with Crippen molar-refractivity contribution in [2.24, 2.45) is 4.99 Å². The summed E-state index contributed by atoms with van der Waals surface area (Å²) in [6, 6.07) is 10.3. The lowest BCUT2D eigenvalue weighted by Crippen LogP contribution is -2.14. The van der Waals surface area contributed by atoms with Gasteiger partial charge in [0, 0.05) is 11.9 Å². The Morgan fingerprint density at radius 2 is 1.81 bits per heavy atom. The van der Waals surface area contributed by atoms with Gasteiger partial charge in [-0.1, -0.05) is 56.7 Å². The van der Waals surface area contributed by atoms with Crippen LogP contribution in [0.15, 0.2) is 71.2 Å². The van der Waals surface area contributed by atoms with E-state index in [0.29, 0.717) is 16.7 Å². The molecule has 2 aromatic rings. The molecule has 0 amide bonds. The first kappa shape index (κ1) is 20.7. The zero-order chi connectivity index (χ0) is 19.6. The number of nitrogens with zero attached hydrogens (tertiary/aromatic N) is 2. The van der Waals surface area contributed by atoms with Gasteiger partial charge in [0.2, 0.25) is 0 Å². The number of halogens is 1. The number of nitrogens with one attached hydrogen (secondary N) is 2. The molecule has 0 unspecified atom stereocenters. The number of anilines is 2. The first-order chi connectivity index (χ1) is 13.0. The number of aliphatic imine (C=N–C) groups is 1. The van der Waals surface area contributed by atoms with Gasteiger partial charge in [0.05, 0.1) is 16.9 Å². The van der Waals surface area contributed by atoms with Crippen molar-refractivity contribution in [1.82, 2.24) is 4.98 Å². The molecule has 27 heavy (non-hydrogen) atoms. The Balaban J connectivity index is 0.000000817. The molecule has 0 saturated carbocycles. The number of benzene rings is 1. The highest BCUT2D eigenvalue weighted by Gasteiger charge is 2.08. The lowest BCUT2D eigenvalue weighted by atomic mass is 10.0. The molecule has 1 aliphatic heterocycles. The van der Waals surface area contributed by atoms with Gasteiger partial charge in [-0.15, -0.1) is 0 Å². The van der Waals surface area contributed by atoms with Crippen LogP contribution >= 0.6 is 11.6 Å². The van der Waals surface area contributed by atoms with Gasteiger partial charge < -0.3 is 10.6 Å². The summed E-state index contributed by atoms with van der Waals surface area (Å²) in [6.07, 6.45) is 8.55. The van der Waals surface area contributed by atoms with Gasteiger partial charge in [0.15, 0.2) is 5.84 Å². The maximum atomic E-state index is 6.30. The van der Waals surface area contributed by atoms with Crippen molar-refractivity contribution in [3.63, 3.8) is 0 Å². The summed E-state index contributed by atoms with van der Waals surface area (Å²) in [7, 11) is 0. The number of allylic oxidation sites excluding steroid dienone is 1. The second-order valence-electron chi connectivity index (χ2n) is 6.28. The largest absolute Gasteiger partial charge is 0.339 e. The molecule has 0 spiro atoms. The van der Waals surface area contributed by atoms with E-state index >= 15 is 0 Å². The SMILES string of the molecule is C=C1/N=C(\C(Cl)=C/C)Nc2cccc(c2)CCc2cncc(c2)N1.CCC. The minimum absolute atomic E-state index is 0.492. The summed E-state index contributed by atoms with van der Waals surface area (Å²) >= 11 is 6.30. The number of rotatable bonds is 1. The van der Waals surface area contributed by atoms with Gasteiger partial charge in [-0.3, -0.25) is 4.98 Å². The predicted octanol–water partition coefficient (Wildman–Crippen LogP) is 6.13. The summed E-state index contributed by atoms with van der Waals surface area (Å²) < 4.78 is 0. The van der Waals surface area contributed by atoms with Crippen LogP contribution in [0.5, 0.6) is 0 Å². The lowest BCUT2D eigenvalue weighted by Gasteiger charge is -2.12. The zero-order valence-electron chi connectivity index (χ0n) is 16.2. The van der Waals surface area contributed by atoms with Crippen LogP contribution in [0, 0.1) is 0 Å². The molecule has 4 nitrogen and oxygen atoms in total. The van der Waals surface area contributed by atoms with Crippen molar-refractivity contribution in [3.8, 4) is 0 Å². The minimum Gasteiger partial charge on any atom is -0.339 e. The fourth-order valence-electron chi connectivity index (χ4n) is 2.53. The number of amidine groups is 1. The number of fused-ring (bicyclic) bond motifs is 4. The van der Waals surface area contributed by atoms with Crippen molar-refractivity contribution in [2.45, 2.75) is 40.0 Å². The van der Waals surface area contributed by atoms with Crippen molar-refractivity contribution in [2.75, 3.05) is 10.6 Å². The molecule has 3 rings (SSSR count). The Kier molecular flexibility index (Phi) is 8.08. The van der Waals surface area contributed by atoms with Gasteiger partial charge in [-0.25, -0.2) is 4.99 Å². The molecule has 142 valence electrons. The molecule has 2 N–H and O–H groups in total. The van der Waals surface area contributed by atoms with E-state index in [-0.39, 0.29) is 0 Å². The van der Waals surface area contributed by atoms with E-state index in [9.17, 15) is 0 Å². The van der Waals surface area contributed by atoms with Gasteiger partial charge in [0.25, 0.3) is 0 Å². The van der Waals surface area contributed by atoms with Gasteiger partial charge in [-0.05, 0) is 49.1 Å². The van der Waals surface area contributed by atoms with E-state index < -0.39 is 0 Å². The standard InChI is InChI=1S/C19H19ClN4.C3H8/c1-3-18(20)19-23-13(2)22-17-10-15(11-21-12-17)8-7-14-5-4-6-16(9-14)24-19;1-3-2/h3-6,9-12,22H,2,7-8H2,1H3,(H,23,24);3H2,1-2H3/b18-3+;. The summed E-state index contributed by atoms with van der Waals surface area (Å²) in [5.74, 6) is 1.05. The maximum absolute atomic E-state index is 6.30. The quantitative estimate of drug-likeness (QED) is 0.623. The monoisotopic (exact) mass is 382 g/mol. The molecule has 0 fully saturated rings. The minimum atomic E-state index is 0.492. The Morgan fingerprint density at radius 1 is 1.11 bits per heavy atom. The van der Waals surface area contributed by atoms with E-state index in [1.807, 2.05) is 25.3 Å². The number of aryl methyl sites for hydroxylation is 2. The molecule has 5 heteroatoms. The molecule has 1 aliphatic rings. The van der Waals surface area contributed by atoms with Crippen LogP contribution in [0.25, 0.3) is 0 Å². The van der Waals surface area contributed by atoms with Crippen molar-refractivity contribution < 1.29 is 0 Å². The average Bonchev–Trinajstić information content (AvgIpc) is 2.66. The van der Waals surface area contributed by atoms with E-state index in [0.717, 1.165) is 24.2 Å². The Labute approximate surface area is 167 Å². The molecule has 1 aromatic carbocycles. The summed E-state index contributed by atoms with van der Waals surface area (Å²) in [5.41, 5.74) is 4.22. The van der Waals surface area contributed by atoms with Crippen molar-refractivity contribution in [3.05, 3.63) is 77.4 Å². The van der Waals surface area contributed by atoms with Crippen molar-refractivity contribution >= 4 is 28.8 Å². The van der Waals surface area contributed by atoms with Crippen molar-refractivity contribution in [1.29, 1.82) is 0 Å². The highest BCUT2D eigenvalue weighted by Crippen LogP contribution is 2.19. The number of hydrogen-bond donors (Lipinski definition) is 2. The second kappa shape index (κ2) is 10.5. The van der Waals surface area contributed by atoms with E-state index in [2.05, 4.69) is 59.2 Å². The summed E-state index contributed by atoms with van der Waals surface area (Å²) in [6.45, 7) is 10.1. The molecular weight excluding hydrogens is 356 g/mol. The number of aromatic nitrogens is 1. The molecule has 0 atom stereocenters. The Morgan fingerprint density at radius 3 is 2.56 bits per heavy atom. The smallest absolute Gasteiger partial charge is 0.151 e. The van der Waals surface area contributed by atoms with Crippen LogP contribution < -0.4 is 10.6 Å². The highest BCUT2D eigenvalue weighted by atomic mass is 35.5. The van der Waals surface area contributed by atoms with Gasteiger partial charge >= 0.3 is 0 Å². The fraction of sp³-hybridized carbons (Fsp3) is 0.273. The first-order valence-electron chi connectivity index (χ1n) is 9.22.